The number of hydrogen-bond donors (Lipinski definition) is 1. The number of hydrogen-bond acceptors (Lipinski definition) is 1. The zero-order valence-corrected chi connectivity index (χ0v) is 13.0. The van der Waals surface area contributed by atoms with Crippen molar-refractivity contribution in [1.82, 2.24) is 0 Å². The molecule has 1 aromatic carbocycles. The molecule has 1 nitrogen and oxygen atoms in total. The second-order valence-corrected chi connectivity index (χ2v) is 8.18. The van der Waals surface area contributed by atoms with Gasteiger partial charge in [0.2, 0.25) is 0 Å². The van der Waals surface area contributed by atoms with Gasteiger partial charge in [-0.2, -0.15) is 0 Å². The molecule has 0 aliphatic rings. The van der Waals surface area contributed by atoms with Crippen molar-refractivity contribution < 1.29 is 5.11 Å². The first-order valence-corrected chi connectivity index (χ1v) is 6.86. The van der Waals surface area contributed by atoms with Gasteiger partial charge in [-0.05, 0) is 23.6 Å². The number of halogens is 2. The molecule has 0 aliphatic carbocycles. The third-order valence-electron chi connectivity index (χ3n) is 2.74. The van der Waals surface area contributed by atoms with Gasteiger partial charge in [0.25, 0.3) is 0 Å². The zero-order chi connectivity index (χ0) is 12.5. The molecule has 1 atom stereocenters. The van der Waals surface area contributed by atoms with Crippen molar-refractivity contribution in [3.63, 3.8) is 0 Å². The second-order valence-electron chi connectivity index (χ2n) is 5.00. The molecule has 0 heterocycles. The highest BCUT2D eigenvalue weighted by Crippen LogP contribution is 2.42. The number of phenolic OH excluding ortho intramolecular Hbond substituents is 1. The third-order valence-corrected chi connectivity index (χ3v) is 3.71. The van der Waals surface area contributed by atoms with Gasteiger partial charge in [0, 0.05) is 9.34 Å². The van der Waals surface area contributed by atoms with E-state index >= 15 is 0 Å². The lowest BCUT2D eigenvalue weighted by atomic mass is 9.80. The van der Waals surface area contributed by atoms with Crippen LogP contribution >= 0.6 is 34.2 Å². The number of phenols is 1. The predicted molar refractivity (Wildman–Crippen MR) is 78.8 cm³/mol. The van der Waals surface area contributed by atoms with Crippen LogP contribution in [0.5, 0.6) is 5.75 Å². The van der Waals surface area contributed by atoms with Crippen LogP contribution in [0.2, 0.25) is 5.02 Å². The standard InChI is InChI=1S/C13H18ClIO/c1-8(2)12(13(3,4)15)9-5-6-11(16)10(14)7-9/h5-8,12,16H,1-4H3. The van der Waals surface area contributed by atoms with Crippen molar-refractivity contribution in [3.8, 4) is 5.75 Å². The average Bonchev–Trinajstić information content (AvgIpc) is 2.08. The van der Waals surface area contributed by atoms with Crippen LogP contribution < -0.4 is 0 Å². The summed E-state index contributed by atoms with van der Waals surface area (Å²) in [7, 11) is 0. The second kappa shape index (κ2) is 5.13. The number of rotatable bonds is 3. The molecule has 3 heteroatoms. The lowest BCUT2D eigenvalue weighted by molar-refractivity contribution is 0.432. The molecule has 0 amide bonds. The summed E-state index contributed by atoms with van der Waals surface area (Å²) in [6, 6.07) is 5.52. The van der Waals surface area contributed by atoms with E-state index in [9.17, 15) is 5.11 Å². The molecule has 0 saturated carbocycles. The molecule has 1 N–H and O–H groups in total. The first-order chi connectivity index (χ1) is 7.23. The number of aromatic hydroxyl groups is 1. The van der Waals surface area contributed by atoms with Gasteiger partial charge in [0.15, 0.2) is 0 Å². The Morgan fingerprint density at radius 3 is 2.25 bits per heavy atom. The molecular weight excluding hydrogens is 334 g/mol. The summed E-state index contributed by atoms with van der Waals surface area (Å²) in [5.74, 6) is 1.11. The van der Waals surface area contributed by atoms with Crippen molar-refractivity contribution in [3.05, 3.63) is 28.8 Å². The van der Waals surface area contributed by atoms with Gasteiger partial charge in [0.1, 0.15) is 5.75 Å². The van der Waals surface area contributed by atoms with Crippen molar-refractivity contribution >= 4 is 34.2 Å². The summed E-state index contributed by atoms with van der Waals surface area (Å²) in [6.07, 6.45) is 0. The van der Waals surface area contributed by atoms with Crippen LogP contribution in [-0.2, 0) is 0 Å². The summed E-state index contributed by atoms with van der Waals surface area (Å²) in [5.41, 5.74) is 1.19. The molecule has 1 unspecified atom stereocenters. The molecule has 0 saturated heterocycles. The van der Waals surface area contributed by atoms with Crippen LogP contribution in [0.1, 0.15) is 39.2 Å². The summed E-state index contributed by atoms with van der Waals surface area (Å²) in [5, 5.41) is 9.87. The van der Waals surface area contributed by atoms with E-state index in [1.807, 2.05) is 12.1 Å². The van der Waals surface area contributed by atoms with E-state index in [-0.39, 0.29) is 9.17 Å². The minimum absolute atomic E-state index is 0.152. The van der Waals surface area contributed by atoms with E-state index in [1.165, 1.54) is 5.56 Å². The highest BCUT2D eigenvalue weighted by atomic mass is 127. The SMILES string of the molecule is CC(C)C(c1ccc(O)c(Cl)c1)C(C)(C)I. The summed E-state index contributed by atoms with van der Waals surface area (Å²) >= 11 is 8.43. The van der Waals surface area contributed by atoms with E-state index in [1.54, 1.807) is 6.07 Å². The van der Waals surface area contributed by atoms with Gasteiger partial charge in [-0.25, -0.2) is 0 Å². The lowest BCUT2D eigenvalue weighted by Gasteiger charge is -2.33. The van der Waals surface area contributed by atoms with Crippen LogP contribution in [0.25, 0.3) is 0 Å². The van der Waals surface area contributed by atoms with E-state index in [0.717, 1.165) is 0 Å². The summed E-state index contributed by atoms with van der Waals surface area (Å²) < 4.78 is 0.159. The normalized spacial score (nSPS) is 14.2. The summed E-state index contributed by atoms with van der Waals surface area (Å²) in [4.78, 5) is 0. The lowest BCUT2D eigenvalue weighted by Crippen LogP contribution is -2.26. The summed E-state index contributed by atoms with van der Waals surface area (Å²) in [6.45, 7) is 8.87. The van der Waals surface area contributed by atoms with Gasteiger partial charge < -0.3 is 5.11 Å². The Labute approximate surface area is 116 Å². The van der Waals surface area contributed by atoms with Gasteiger partial charge >= 0.3 is 0 Å². The first-order valence-electron chi connectivity index (χ1n) is 5.40. The molecule has 0 bridgehead atoms. The smallest absolute Gasteiger partial charge is 0.134 e. The molecule has 1 aromatic rings. The molecular formula is C13H18ClIO. The predicted octanol–water partition coefficient (Wildman–Crippen LogP) is 5.00. The van der Waals surface area contributed by atoms with Crippen LogP contribution in [0.15, 0.2) is 18.2 Å². The molecule has 0 radical (unpaired) electrons. The average molecular weight is 353 g/mol. The van der Waals surface area contributed by atoms with Crippen molar-refractivity contribution in [2.45, 2.75) is 37.0 Å². The third kappa shape index (κ3) is 3.27. The fourth-order valence-electron chi connectivity index (χ4n) is 2.29. The van der Waals surface area contributed by atoms with Crippen molar-refractivity contribution in [1.29, 1.82) is 0 Å². The zero-order valence-electron chi connectivity index (χ0n) is 10.1. The Bertz CT molecular complexity index is 369. The van der Waals surface area contributed by atoms with Crippen LogP contribution in [0, 0.1) is 5.92 Å². The van der Waals surface area contributed by atoms with E-state index in [2.05, 4.69) is 50.3 Å². The molecule has 16 heavy (non-hydrogen) atoms. The van der Waals surface area contributed by atoms with Crippen molar-refractivity contribution in [2.24, 2.45) is 5.92 Å². The van der Waals surface area contributed by atoms with Gasteiger partial charge in [-0.15, -0.1) is 0 Å². The highest BCUT2D eigenvalue weighted by molar-refractivity contribution is 14.1. The Balaban J connectivity index is 3.17. The minimum Gasteiger partial charge on any atom is -0.506 e. The van der Waals surface area contributed by atoms with E-state index < -0.39 is 0 Å². The highest BCUT2D eigenvalue weighted by Gasteiger charge is 2.30. The first kappa shape index (κ1) is 14.1. The van der Waals surface area contributed by atoms with Gasteiger partial charge in [0.05, 0.1) is 5.02 Å². The van der Waals surface area contributed by atoms with E-state index in [4.69, 9.17) is 11.6 Å². The Morgan fingerprint density at radius 2 is 1.88 bits per heavy atom. The maximum atomic E-state index is 9.43. The van der Waals surface area contributed by atoms with Crippen LogP contribution in [0.4, 0.5) is 0 Å². The fraction of sp³-hybridized carbons (Fsp3) is 0.538. The molecule has 0 fully saturated rings. The number of alkyl halides is 1. The van der Waals surface area contributed by atoms with E-state index in [0.29, 0.717) is 16.9 Å². The van der Waals surface area contributed by atoms with Gasteiger partial charge in [-0.1, -0.05) is 68.0 Å². The molecule has 1 rings (SSSR count). The topological polar surface area (TPSA) is 20.2 Å². The van der Waals surface area contributed by atoms with Crippen molar-refractivity contribution in [2.75, 3.05) is 0 Å². The van der Waals surface area contributed by atoms with Gasteiger partial charge in [-0.3, -0.25) is 0 Å². The Morgan fingerprint density at radius 1 is 1.31 bits per heavy atom. The monoisotopic (exact) mass is 352 g/mol. The minimum atomic E-state index is 0.152. The maximum Gasteiger partial charge on any atom is 0.134 e. The Hall–Kier alpha value is 0.0400. The quantitative estimate of drug-likeness (QED) is 0.599. The fourth-order valence-corrected chi connectivity index (χ4v) is 3.56. The molecule has 0 spiro atoms. The maximum absolute atomic E-state index is 9.43. The largest absolute Gasteiger partial charge is 0.506 e. The van der Waals surface area contributed by atoms with Crippen LogP contribution in [-0.4, -0.2) is 8.53 Å². The molecule has 90 valence electrons. The Kier molecular flexibility index (Phi) is 4.52. The molecule has 0 aromatic heterocycles. The number of benzene rings is 1. The molecule has 0 aliphatic heterocycles. The van der Waals surface area contributed by atoms with Crippen LogP contribution in [0.3, 0.4) is 0 Å².